The van der Waals surface area contributed by atoms with Gasteiger partial charge in [0.05, 0.1) is 13.2 Å². The Bertz CT molecular complexity index is 1070. The van der Waals surface area contributed by atoms with Crippen LogP contribution in [-0.2, 0) is 9.53 Å². The Labute approximate surface area is 191 Å². The van der Waals surface area contributed by atoms with E-state index in [0.29, 0.717) is 23.6 Å². The minimum Gasteiger partial charge on any atom is -0.493 e. The molecule has 0 atom stereocenters. The van der Waals surface area contributed by atoms with Gasteiger partial charge in [-0.3, -0.25) is 10.1 Å². The number of para-hydroxylation sites is 1. The number of hydrogen-bond acceptors (Lipinski definition) is 6. The average Bonchev–Trinajstić information content (AvgIpc) is 3.17. The van der Waals surface area contributed by atoms with Crippen LogP contribution in [0.25, 0.3) is 11.3 Å². The van der Waals surface area contributed by atoms with Crippen molar-refractivity contribution < 1.29 is 23.6 Å². The normalized spacial score (nSPS) is 10.6. The van der Waals surface area contributed by atoms with Gasteiger partial charge in [-0.2, -0.15) is 0 Å². The number of halogens is 1. The summed E-state index contributed by atoms with van der Waals surface area (Å²) in [5.74, 6) is -0.166. The first-order valence-electron chi connectivity index (χ1n) is 10.3. The Hall–Kier alpha value is -3.32. The zero-order chi connectivity index (χ0) is 23.1. The second-order valence-electron chi connectivity index (χ2n) is 7.18. The van der Waals surface area contributed by atoms with Crippen molar-refractivity contribution in [3.63, 3.8) is 0 Å². The van der Waals surface area contributed by atoms with Crippen LogP contribution in [0.1, 0.15) is 41.3 Å². The van der Waals surface area contributed by atoms with E-state index in [9.17, 15) is 9.59 Å². The fourth-order valence-electron chi connectivity index (χ4n) is 3.20. The lowest BCUT2D eigenvalue weighted by molar-refractivity contribution is -0.116. The molecule has 0 spiro atoms. The van der Waals surface area contributed by atoms with Crippen LogP contribution in [0.4, 0.5) is 5.88 Å². The largest absolute Gasteiger partial charge is 0.493 e. The van der Waals surface area contributed by atoms with Crippen molar-refractivity contribution in [3.05, 3.63) is 64.2 Å². The van der Waals surface area contributed by atoms with Crippen molar-refractivity contribution >= 4 is 29.4 Å². The summed E-state index contributed by atoms with van der Waals surface area (Å²) >= 11 is 5.94. The number of aromatic nitrogens is 1. The molecule has 168 valence electrons. The third-order valence-corrected chi connectivity index (χ3v) is 5.00. The number of anilines is 1. The number of benzene rings is 2. The molecule has 8 heteroatoms. The Morgan fingerprint density at radius 2 is 1.78 bits per heavy atom. The SMILES string of the molecule is CCOC(=O)c1c(-c2ccc(Cl)cc2)noc1NC(=O)CCCOc1c(C)cccc1C. The molecule has 0 aliphatic rings. The van der Waals surface area contributed by atoms with Gasteiger partial charge in [0.2, 0.25) is 11.8 Å². The second-order valence-corrected chi connectivity index (χ2v) is 7.62. The molecule has 1 aromatic heterocycles. The van der Waals surface area contributed by atoms with Crippen molar-refractivity contribution in [2.75, 3.05) is 18.5 Å². The number of hydrogen-bond donors (Lipinski definition) is 1. The highest BCUT2D eigenvalue weighted by Crippen LogP contribution is 2.30. The Morgan fingerprint density at radius 1 is 1.09 bits per heavy atom. The Balaban J connectivity index is 1.66. The summed E-state index contributed by atoms with van der Waals surface area (Å²) in [5.41, 5.74) is 3.04. The van der Waals surface area contributed by atoms with Gasteiger partial charge in [-0.15, -0.1) is 0 Å². The van der Waals surface area contributed by atoms with E-state index in [1.807, 2.05) is 32.0 Å². The van der Waals surface area contributed by atoms with Crippen LogP contribution in [0.3, 0.4) is 0 Å². The highest BCUT2D eigenvalue weighted by molar-refractivity contribution is 6.30. The van der Waals surface area contributed by atoms with E-state index >= 15 is 0 Å². The molecular formula is C24H25ClN2O5. The first-order valence-corrected chi connectivity index (χ1v) is 10.7. The summed E-state index contributed by atoms with van der Waals surface area (Å²) in [6.45, 7) is 6.22. The number of carbonyl (C=O) groups is 2. The molecule has 0 aliphatic heterocycles. The van der Waals surface area contributed by atoms with Crippen molar-refractivity contribution in [2.45, 2.75) is 33.6 Å². The molecule has 1 N–H and O–H groups in total. The van der Waals surface area contributed by atoms with E-state index < -0.39 is 5.97 Å². The van der Waals surface area contributed by atoms with Crippen molar-refractivity contribution in [1.29, 1.82) is 0 Å². The van der Waals surface area contributed by atoms with Crippen LogP contribution in [0, 0.1) is 13.8 Å². The molecule has 1 heterocycles. The predicted octanol–water partition coefficient (Wildman–Crippen LogP) is 5.59. The van der Waals surface area contributed by atoms with E-state index in [0.717, 1.165) is 16.9 Å². The van der Waals surface area contributed by atoms with Crippen LogP contribution < -0.4 is 10.1 Å². The van der Waals surface area contributed by atoms with Crippen molar-refractivity contribution in [3.8, 4) is 17.0 Å². The fraction of sp³-hybridized carbons (Fsp3) is 0.292. The lowest BCUT2D eigenvalue weighted by Gasteiger charge is -2.11. The number of nitrogens with one attached hydrogen (secondary N) is 1. The minimum absolute atomic E-state index is 0.0472. The molecule has 0 saturated heterocycles. The van der Waals surface area contributed by atoms with Gasteiger partial charge in [0.15, 0.2) is 5.56 Å². The number of ether oxygens (including phenoxy) is 2. The van der Waals surface area contributed by atoms with Gasteiger partial charge in [0, 0.05) is 17.0 Å². The number of amides is 1. The Kier molecular flexibility index (Phi) is 7.89. The molecule has 7 nitrogen and oxygen atoms in total. The van der Waals surface area contributed by atoms with Gasteiger partial charge < -0.3 is 14.0 Å². The lowest BCUT2D eigenvalue weighted by atomic mass is 10.1. The van der Waals surface area contributed by atoms with E-state index in [2.05, 4.69) is 10.5 Å². The van der Waals surface area contributed by atoms with Gasteiger partial charge in [-0.05, 0) is 50.5 Å². The van der Waals surface area contributed by atoms with Crippen molar-refractivity contribution in [2.24, 2.45) is 0 Å². The molecule has 0 saturated carbocycles. The third kappa shape index (κ3) is 5.68. The smallest absolute Gasteiger partial charge is 0.346 e. The number of nitrogens with zero attached hydrogens (tertiary/aromatic N) is 1. The van der Waals surface area contributed by atoms with Gasteiger partial charge in [0.1, 0.15) is 11.4 Å². The topological polar surface area (TPSA) is 90.7 Å². The van der Waals surface area contributed by atoms with Crippen LogP contribution in [0.2, 0.25) is 5.02 Å². The molecule has 3 aromatic rings. The van der Waals surface area contributed by atoms with Crippen LogP contribution in [0.5, 0.6) is 5.75 Å². The first-order chi connectivity index (χ1) is 15.4. The molecule has 3 rings (SSSR count). The quantitative estimate of drug-likeness (QED) is 0.333. The minimum atomic E-state index is -0.632. The van der Waals surface area contributed by atoms with Gasteiger partial charge in [-0.25, -0.2) is 4.79 Å². The molecule has 32 heavy (non-hydrogen) atoms. The van der Waals surface area contributed by atoms with E-state index in [-0.39, 0.29) is 36.1 Å². The average molecular weight is 457 g/mol. The summed E-state index contributed by atoms with van der Waals surface area (Å²) < 4.78 is 16.2. The predicted molar refractivity (Wildman–Crippen MR) is 122 cm³/mol. The molecule has 0 unspecified atom stereocenters. The van der Waals surface area contributed by atoms with Gasteiger partial charge >= 0.3 is 5.97 Å². The molecule has 0 bridgehead atoms. The number of aryl methyl sites for hydroxylation is 2. The summed E-state index contributed by atoms with van der Waals surface area (Å²) in [4.78, 5) is 25.0. The van der Waals surface area contributed by atoms with Crippen molar-refractivity contribution in [1.82, 2.24) is 5.16 Å². The number of carbonyl (C=O) groups excluding carboxylic acids is 2. The molecule has 0 aliphatic carbocycles. The van der Waals surface area contributed by atoms with Gasteiger partial charge in [0.25, 0.3) is 0 Å². The van der Waals surface area contributed by atoms with E-state index in [1.54, 1.807) is 31.2 Å². The van der Waals surface area contributed by atoms with E-state index in [4.69, 9.17) is 25.6 Å². The summed E-state index contributed by atoms with van der Waals surface area (Å²) in [6, 6.07) is 12.7. The molecule has 0 fully saturated rings. The Morgan fingerprint density at radius 3 is 2.44 bits per heavy atom. The van der Waals surface area contributed by atoms with E-state index in [1.165, 1.54) is 0 Å². The fourth-order valence-corrected chi connectivity index (χ4v) is 3.32. The monoisotopic (exact) mass is 456 g/mol. The highest BCUT2D eigenvalue weighted by Gasteiger charge is 2.26. The zero-order valence-corrected chi connectivity index (χ0v) is 19.0. The maximum Gasteiger partial charge on any atom is 0.346 e. The number of esters is 1. The maximum atomic E-state index is 12.5. The van der Waals surface area contributed by atoms with Crippen LogP contribution in [0.15, 0.2) is 47.0 Å². The zero-order valence-electron chi connectivity index (χ0n) is 18.2. The molecular weight excluding hydrogens is 432 g/mol. The number of rotatable bonds is 9. The van der Waals surface area contributed by atoms with Crippen LogP contribution >= 0.6 is 11.6 Å². The summed E-state index contributed by atoms with van der Waals surface area (Å²) in [5, 5.41) is 7.14. The van der Waals surface area contributed by atoms with Crippen LogP contribution in [-0.4, -0.2) is 30.2 Å². The second kappa shape index (κ2) is 10.8. The summed E-state index contributed by atoms with van der Waals surface area (Å²) in [6.07, 6.45) is 0.677. The molecule has 1 amide bonds. The molecule has 0 radical (unpaired) electrons. The molecule has 2 aromatic carbocycles. The summed E-state index contributed by atoms with van der Waals surface area (Å²) in [7, 11) is 0. The third-order valence-electron chi connectivity index (χ3n) is 4.75. The lowest BCUT2D eigenvalue weighted by Crippen LogP contribution is -2.16. The van der Waals surface area contributed by atoms with Gasteiger partial charge in [-0.1, -0.05) is 47.1 Å². The highest BCUT2D eigenvalue weighted by atomic mass is 35.5. The maximum absolute atomic E-state index is 12.5. The standard InChI is InChI=1S/C24H25ClN2O5/c1-4-30-24(29)20-21(17-10-12-18(25)13-11-17)27-32-23(20)26-19(28)9-6-14-31-22-15(2)7-5-8-16(22)3/h5,7-8,10-13H,4,6,9,14H2,1-3H3,(H,26,28). The first kappa shape index (κ1) is 23.3.